The van der Waals surface area contributed by atoms with Gasteiger partial charge in [0.2, 0.25) is 0 Å². The number of amides is 2. The maximum Gasteiger partial charge on any atom is 0.326 e. The van der Waals surface area contributed by atoms with Gasteiger partial charge in [-0.2, -0.15) is 0 Å². The molecule has 1 rings (SSSR count). The molecule has 0 fully saturated rings. The predicted octanol–water partition coefficient (Wildman–Crippen LogP) is 1.22. The number of nitrogens with zero attached hydrogens (tertiary/aromatic N) is 1. The van der Waals surface area contributed by atoms with Crippen LogP contribution in [-0.2, 0) is 11.3 Å². The Morgan fingerprint density at radius 3 is 2.89 bits per heavy atom. The second-order valence-corrected chi connectivity index (χ2v) is 4.01. The summed E-state index contributed by atoms with van der Waals surface area (Å²) in [6, 6.07) is 2.19. The predicted molar refractivity (Wildman–Crippen MR) is 70.6 cm³/mol. The molecule has 102 valence electrons. The Balaban J connectivity index is 2.49. The third-order valence-corrected chi connectivity index (χ3v) is 2.54. The quantitative estimate of drug-likeness (QED) is 0.673. The third kappa shape index (κ3) is 4.79. The highest BCUT2D eigenvalue weighted by Crippen LogP contribution is 2.02. The first-order chi connectivity index (χ1) is 9.04. The lowest BCUT2D eigenvalue weighted by atomic mass is 10.2. The Morgan fingerprint density at radius 2 is 2.32 bits per heavy atom. The molecule has 0 aliphatic heterocycles. The summed E-state index contributed by atoms with van der Waals surface area (Å²) in [6.07, 6.45) is 3.26. The molecule has 0 saturated carbocycles. The van der Waals surface area contributed by atoms with E-state index in [-0.39, 0.29) is 13.0 Å². The Labute approximate surface area is 111 Å². The van der Waals surface area contributed by atoms with Crippen LogP contribution in [0.3, 0.4) is 0 Å². The molecule has 1 heterocycles. The number of carbonyl (C=O) groups is 2. The molecule has 1 atom stereocenters. The lowest BCUT2D eigenvalue weighted by Crippen LogP contribution is -2.45. The van der Waals surface area contributed by atoms with Gasteiger partial charge in [0.1, 0.15) is 6.04 Å². The highest BCUT2D eigenvalue weighted by Gasteiger charge is 2.17. The number of urea groups is 1. The van der Waals surface area contributed by atoms with E-state index in [1.807, 2.05) is 19.1 Å². The minimum Gasteiger partial charge on any atom is -0.480 e. The molecule has 0 bridgehead atoms. The van der Waals surface area contributed by atoms with Crippen LogP contribution in [0.1, 0.15) is 17.7 Å². The maximum absolute atomic E-state index is 11.6. The van der Waals surface area contributed by atoms with Crippen molar-refractivity contribution in [3.63, 3.8) is 0 Å². The first kappa shape index (κ1) is 14.7. The van der Waals surface area contributed by atoms with E-state index in [0.29, 0.717) is 0 Å². The summed E-state index contributed by atoms with van der Waals surface area (Å²) in [5.41, 5.74) is 1.71. The molecular formula is C13H17N3O3. The molecule has 2 amide bonds. The summed E-state index contributed by atoms with van der Waals surface area (Å²) < 4.78 is 0. The molecule has 1 aromatic heterocycles. The monoisotopic (exact) mass is 263 g/mol. The number of pyridine rings is 1. The Bertz CT molecular complexity index is 474. The third-order valence-electron chi connectivity index (χ3n) is 2.54. The zero-order valence-corrected chi connectivity index (χ0v) is 10.7. The largest absolute Gasteiger partial charge is 0.480 e. The Hall–Kier alpha value is -2.37. The molecule has 1 unspecified atom stereocenters. The first-order valence-electron chi connectivity index (χ1n) is 5.83. The minimum atomic E-state index is -1.09. The van der Waals surface area contributed by atoms with Crippen LogP contribution in [0.15, 0.2) is 31.0 Å². The number of hydrogen-bond acceptors (Lipinski definition) is 3. The number of nitrogens with one attached hydrogen (secondary N) is 2. The van der Waals surface area contributed by atoms with Gasteiger partial charge in [-0.1, -0.05) is 12.1 Å². The van der Waals surface area contributed by atoms with E-state index in [1.54, 1.807) is 6.20 Å². The van der Waals surface area contributed by atoms with Crippen molar-refractivity contribution in [2.24, 2.45) is 0 Å². The van der Waals surface area contributed by atoms with E-state index in [0.717, 1.165) is 11.3 Å². The Kier molecular flexibility index (Phi) is 5.53. The lowest BCUT2D eigenvalue weighted by molar-refractivity contribution is -0.139. The van der Waals surface area contributed by atoms with Crippen LogP contribution in [0, 0.1) is 6.92 Å². The van der Waals surface area contributed by atoms with Crippen molar-refractivity contribution in [1.29, 1.82) is 0 Å². The van der Waals surface area contributed by atoms with Crippen molar-refractivity contribution >= 4 is 12.0 Å². The number of carboxylic acid groups (broad SMARTS) is 1. The standard InChI is InChI=1S/C13H17N3O3/c1-3-5-10(12(17)18)16-13(19)15-8-11-9(2)6-4-7-14-11/h3-4,6-7,10H,1,5,8H2,2H3,(H,17,18)(H2,15,16,19). The summed E-state index contributed by atoms with van der Waals surface area (Å²) in [4.78, 5) is 26.5. The van der Waals surface area contributed by atoms with Gasteiger partial charge in [-0.25, -0.2) is 9.59 Å². The highest BCUT2D eigenvalue weighted by atomic mass is 16.4. The topological polar surface area (TPSA) is 91.3 Å². The van der Waals surface area contributed by atoms with Gasteiger partial charge in [0.15, 0.2) is 0 Å². The number of carbonyl (C=O) groups excluding carboxylic acids is 1. The maximum atomic E-state index is 11.6. The molecule has 0 radical (unpaired) electrons. The highest BCUT2D eigenvalue weighted by molar-refractivity contribution is 5.82. The van der Waals surface area contributed by atoms with Gasteiger partial charge >= 0.3 is 12.0 Å². The van der Waals surface area contributed by atoms with E-state index in [9.17, 15) is 9.59 Å². The van der Waals surface area contributed by atoms with E-state index < -0.39 is 18.0 Å². The Morgan fingerprint density at radius 1 is 1.58 bits per heavy atom. The summed E-state index contributed by atoms with van der Waals surface area (Å²) in [7, 11) is 0. The molecule has 19 heavy (non-hydrogen) atoms. The molecule has 3 N–H and O–H groups in total. The number of aryl methyl sites for hydroxylation is 1. The van der Waals surface area contributed by atoms with Crippen LogP contribution in [0.2, 0.25) is 0 Å². The molecule has 6 heteroatoms. The second kappa shape index (κ2) is 7.15. The van der Waals surface area contributed by atoms with E-state index in [4.69, 9.17) is 5.11 Å². The van der Waals surface area contributed by atoms with Gasteiger partial charge in [-0.3, -0.25) is 4.98 Å². The SMILES string of the molecule is C=CCC(NC(=O)NCc1ncccc1C)C(=O)O. The van der Waals surface area contributed by atoms with Crippen molar-refractivity contribution in [3.05, 3.63) is 42.2 Å². The fourth-order valence-electron chi connectivity index (χ4n) is 1.46. The number of hydrogen-bond donors (Lipinski definition) is 3. The molecule has 6 nitrogen and oxygen atoms in total. The van der Waals surface area contributed by atoms with Crippen LogP contribution in [0.25, 0.3) is 0 Å². The zero-order chi connectivity index (χ0) is 14.3. The summed E-state index contributed by atoms with van der Waals surface area (Å²) >= 11 is 0. The van der Waals surface area contributed by atoms with E-state index >= 15 is 0 Å². The van der Waals surface area contributed by atoms with Crippen molar-refractivity contribution in [2.75, 3.05) is 0 Å². The number of aliphatic carboxylic acids is 1. The van der Waals surface area contributed by atoms with Gasteiger partial charge in [0.25, 0.3) is 0 Å². The molecule has 0 aromatic carbocycles. The number of rotatable bonds is 6. The molecular weight excluding hydrogens is 246 g/mol. The van der Waals surface area contributed by atoms with Crippen molar-refractivity contribution in [3.8, 4) is 0 Å². The number of carboxylic acids is 1. The van der Waals surface area contributed by atoms with Crippen LogP contribution in [0.5, 0.6) is 0 Å². The zero-order valence-electron chi connectivity index (χ0n) is 10.7. The van der Waals surface area contributed by atoms with Gasteiger partial charge in [0.05, 0.1) is 12.2 Å². The fourth-order valence-corrected chi connectivity index (χ4v) is 1.46. The van der Waals surface area contributed by atoms with Crippen LogP contribution < -0.4 is 10.6 Å². The first-order valence-corrected chi connectivity index (χ1v) is 5.83. The molecule has 1 aromatic rings. The summed E-state index contributed by atoms with van der Waals surface area (Å²) in [5.74, 6) is -1.09. The van der Waals surface area contributed by atoms with Crippen LogP contribution >= 0.6 is 0 Å². The molecule has 0 aliphatic rings. The van der Waals surface area contributed by atoms with Crippen LogP contribution in [0.4, 0.5) is 4.79 Å². The summed E-state index contributed by atoms with van der Waals surface area (Å²) in [5, 5.41) is 13.8. The van der Waals surface area contributed by atoms with Gasteiger partial charge in [0, 0.05) is 6.20 Å². The fraction of sp³-hybridized carbons (Fsp3) is 0.308. The van der Waals surface area contributed by atoms with Crippen molar-refractivity contribution < 1.29 is 14.7 Å². The summed E-state index contributed by atoms with van der Waals surface area (Å²) in [6.45, 7) is 5.59. The molecule has 0 aliphatic carbocycles. The average molecular weight is 263 g/mol. The normalized spacial score (nSPS) is 11.4. The molecule has 0 spiro atoms. The number of aromatic nitrogens is 1. The second-order valence-electron chi connectivity index (χ2n) is 4.01. The van der Waals surface area contributed by atoms with Gasteiger partial charge in [-0.15, -0.1) is 6.58 Å². The average Bonchev–Trinajstić information content (AvgIpc) is 2.37. The smallest absolute Gasteiger partial charge is 0.326 e. The van der Waals surface area contributed by atoms with Crippen LogP contribution in [-0.4, -0.2) is 28.1 Å². The van der Waals surface area contributed by atoms with E-state index in [1.165, 1.54) is 6.08 Å². The van der Waals surface area contributed by atoms with Crippen molar-refractivity contribution in [1.82, 2.24) is 15.6 Å². The minimum absolute atomic E-state index is 0.172. The molecule has 0 saturated heterocycles. The lowest BCUT2D eigenvalue weighted by Gasteiger charge is -2.13. The van der Waals surface area contributed by atoms with E-state index in [2.05, 4.69) is 22.2 Å². The van der Waals surface area contributed by atoms with Gasteiger partial charge in [-0.05, 0) is 25.0 Å². The van der Waals surface area contributed by atoms with Gasteiger partial charge < -0.3 is 15.7 Å². The van der Waals surface area contributed by atoms with Crippen molar-refractivity contribution in [2.45, 2.75) is 25.9 Å².